The molecule has 0 saturated carbocycles. The molecule has 118 valence electrons. The van der Waals surface area contributed by atoms with Crippen LogP contribution < -0.4 is 10.6 Å². The van der Waals surface area contributed by atoms with Gasteiger partial charge < -0.3 is 10.6 Å². The molecule has 0 aromatic rings. The third-order valence-corrected chi connectivity index (χ3v) is 4.17. The highest BCUT2D eigenvalue weighted by molar-refractivity contribution is 5.78. The predicted octanol–water partition coefficient (Wildman–Crippen LogP) is 2.00. The fourth-order valence-electron chi connectivity index (χ4n) is 2.97. The topological polar surface area (TPSA) is 44.4 Å². The molecule has 4 heteroatoms. The number of piperidine rings is 1. The summed E-state index contributed by atoms with van der Waals surface area (Å²) >= 11 is 0. The molecule has 0 aromatic heterocycles. The lowest BCUT2D eigenvalue weighted by molar-refractivity contribution is -0.123. The van der Waals surface area contributed by atoms with Crippen molar-refractivity contribution in [3.63, 3.8) is 0 Å². The number of carbonyl (C=O) groups is 1. The third-order valence-electron chi connectivity index (χ3n) is 4.17. The lowest BCUT2D eigenvalue weighted by Gasteiger charge is -2.30. The molecule has 1 saturated heterocycles. The molecule has 1 aliphatic heterocycles. The number of amides is 1. The van der Waals surface area contributed by atoms with Gasteiger partial charge in [0, 0.05) is 12.6 Å². The van der Waals surface area contributed by atoms with E-state index in [0.29, 0.717) is 18.5 Å². The maximum absolute atomic E-state index is 12.1. The average molecular weight is 283 g/mol. The van der Waals surface area contributed by atoms with Crippen LogP contribution in [-0.2, 0) is 4.79 Å². The molecule has 1 rings (SSSR count). The van der Waals surface area contributed by atoms with E-state index in [2.05, 4.69) is 36.3 Å². The number of hydrogen-bond donors (Lipinski definition) is 2. The smallest absolute Gasteiger partial charge is 0.234 e. The molecule has 0 radical (unpaired) electrons. The summed E-state index contributed by atoms with van der Waals surface area (Å²) in [6.45, 7) is 11.3. The first-order chi connectivity index (χ1) is 9.69. The number of hydrogen-bond acceptors (Lipinski definition) is 3. The summed E-state index contributed by atoms with van der Waals surface area (Å²) in [6.07, 6.45) is 5.70. The minimum Gasteiger partial charge on any atom is -0.352 e. The third kappa shape index (κ3) is 6.71. The quantitative estimate of drug-likeness (QED) is 0.680. The van der Waals surface area contributed by atoms with Gasteiger partial charge in [0.2, 0.25) is 5.91 Å². The van der Waals surface area contributed by atoms with Crippen LogP contribution >= 0.6 is 0 Å². The van der Waals surface area contributed by atoms with Crippen LogP contribution in [0, 0.1) is 5.92 Å². The van der Waals surface area contributed by atoms with E-state index in [0.717, 1.165) is 45.4 Å². The molecule has 0 aliphatic carbocycles. The molecular weight excluding hydrogens is 250 g/mol. The maximum Gasteiger partial charge on any atom is 0.234 e. The van der Waals surface area contributed by atoms with Gasteiger partial charge in [-0.15, -0.1) is 0 Å². The summed E-state index contributed by atoms with van der Waals surface area (Å²) in [4.78, 5) is 14.5. The van der Waals surface area contributed by atoms with Crippen molar-refractivity contribution in [2.24, 2.45) is 5.92 Å². The molecule has 4 nitrogen and oxygen atoms in total. The normalized spacial score (nSPS) is 19.6. The Hall–Kier alpha value is -0.610. The Morgan fingerprint density at radius 1 is 1.35 bits per heavy atom. The van der Waals surface area contributed by atoms with Crippen LogP contribution in [0.1, 0.15) is 52.9 Å². The van der Waals surface area contributed by atoms with Crippen LogP contribution in [0.15, 0.2) is 0 Å². The Morgan fingerprint density at radius 2 is 2.10 bits per heavy atom. The molecular formula is C16H33N3O. The zero-order chi connectivity index (χ0) is 14.8. The lowest BCUT2D eigenvalue weighted by Crippen LogP contribution is -2.45. The fraction of sp³-hybridized carbons (Fsp3) is 0.938. The van der Waals surface area contributed by atoms with Gasteiger partial charge in [-0.25, -0.2) is 0 Å². The summed E-state index contributed by atoms with van der Waals surface area (Å²) < 4.78 is 0. The first-order valence-corrected chi connectivity index (χ1v) is 8.41. The van der Waals surface area contributed by atoms with Crippen LogP contribution in [0.4, 0.5) is 0 Å². The van der Waals surface area contributed by atoms with E-state index in [1.54, 1.807) is 0 Å². The summed E-state index contributed by atoms with van der Waals surface area (Å²) in [5, 5.41) is 6.61. The van der Waals surface area contributed by atoms with Crippen molar-refractivity contribution in [3.8, 4) is 0 Å². The molecule has 1 atom stereocenters. The molecule has 1 unspecified atom stereocenters. The average Bonchev–Trinajstić information content (AvgIpc) is 2.46. The van der Waals surface area contributed by atoms with Crippen molar-refractivity contribution >= 4 is 5.91 Å². The SMILES string of the molecule is CCCN(CC(=O)NC(CC)CC)CC1CCCNC1. The van der Waals surface area contributed by atoms with Gasteiger partial charge in [0.15, 0.2) is 0 Å². The van der Waals surface area contributed by atoms with Crippen molar-refractivity contribution in [2.75, 3.05) is 32.7 Å². The summed E-state index contributed by atoms with van der Waals surface area (Å²) in [5.41, 5.74) is 0. The maximum atomic E-state index is 12.1. The van der Waals surface area contributed by atoms with Gasteiger partial charge in [-0.1, -0.05) is 20.8 Å². The van der Waals surface area contributed by atoms with Crippen LogP contribution in [-0.4, -0.2) is 49.6 Å². The van der Waals surface area contributed by atoms with E-state index in [1.807, 2.05) is 0 Å². The summed E-state index contributed by atoms with van der Waals surface area (Å²) in [7, 11) is 0. The minimum atomic E-state index is 0.191. The second-order valence-electron chi connectivity index (χ2n) is 6.03. The van der Waals surface area contributed by atoms with Crippen molar-refractivity contribution in [1.29, 1.82) is 0 Å². The highest BCUT2D eigenvalue weighted by Crippen LogP contribution is 2.12. The predicted molar refractivity (Wildman–Crippen MR) is 84.8 cm³/mol. The largest absolute Gasteiger partial charge is 0.352 e. The first kappa shape index (κ1) is 17.4. The Bertz CT molecular complexity index is 260. The van der Waals surface area contributed by atoms with E-state index in [9.17, 15) is 4.79 Å². The van der Waals surface area contributed by atoms with Gasteiger partial charge in [-0.2, -0.15) is 0 Å². The highest BCUT2D eigenvalue weighted by Gasteiger charge is 2.19. The summed E-state index contributed by atoms with van der Waals surface area (Å²) in [5.74, 6) is 0.896. The van der Waals surface area contributed by atoms with Crippen LogP contribution in [0.3, 0.4) is 0 Å². The van der Waals surface area contributed by atoms with Gasteiger partial charge >= 0.3 is 0 Å². The second kappa shape index (κ2) is 10.2. The lowest BCUT2D eigenvalue weighted by atomic mass is 9.99. The number of nitrogens with zero attached hydrogens (tertiary/aromatic N) is 1. The molecule has 0 aromatic carbocycles. The van der Waals surface area contributed by atoms with E-state index in [1.165, 1.54) is 12.8 Å². The Labute approximate surface area is 124 Å². The molecule has 0 spiro atoms. The standard InChI is InChI=1S/C16H33N3O/c1-4-10-19(12-14-8-7-9-17-11-14)13-16(20)18-15(5-2)6-3/h14-15,17H,4-13H2,1-3H3,(H,18,20). The second-order valence-corrected chi connectivity index (χ2v) is 6.03. The summed E-state index contributed by atoms with van der Waals surface area (Å²) in [6, 6.07) is 0.335. The molecule has 1 heterocycles. The van der Waals surface area contributed by atoms with E-state index in [4.69, 9.17) is 0 Å². The minimum absolute atomic E-state index is 0.191. The van der Waals surface area contributed by atoms with E-state index >= 15 is 0 Å². The first-order valence-electron chi connectivity index (χ1n) is 8.41. The number of carbonyl (C=O) groups excluding carboxylic acids is 1. The molecule has 20 heavy (non-hydrogen) atoms. The Balaban J connectivity index is 2.38. The van der Waals surface area contributed by atoms with Gasteiger partial charge in [0.05, 0.1) is 6.54 Å². The Morgan fingerprint density at radius 3 is 2.65 bits per heavy atom. The molecule has 0 bridgehead atoms. The van der Waals surface area contributed by atoms with Crippen LogP contribution in [0.5, 0.6) is 0 Å². The molecule has 2 N–H and O–H groups in total. The molecule has 1 aliphatic rings. The monoisotopic (exact) mass is 283 g/mol. The van der Waals surface area contributed by atoms with E-state index in [-0.39, 0.29) is 5.91 Å². The number of nitrogens with one attached hydrogen (secondary N) is 2. The van der Waals surface area contributed by atoms with E-state index < -0.39 is 0 Å². The number of rotatable bonds is 9. The van der Waals surface area contributed by atoms with Crippen molar-refractivity contribution in [1.82, 2.24) is 15.5 Å². The van der Waals surface area contributed by atoms with Crippen molar-refractivity contribution < 1.29 is 4.79 Å². The van der Waals surface area contributed by atoms with Gasteiger partial charge in [-0.05, 0) is 57.7 Å². The van der Waals surface area contributed by atoms with Crippen LogP contribution in [0.2, 0.25) is 0 Å². The van der Waals surface area contributed by atoms with Crippen molar-refractivity contribution in [3.05, 3.63) is 0 Å². The van der Waals surface area contributed by atoms with Crippen LogP contribution in [0.25, 0.3) is 0 Å². The molecule has 1 fully saturated rings. The fourth-order valence-corrected chi connectivity index (χ4v) is 2.97. The van der Waals surface area contributed by atoms with Gasteiger partial charge in [-0.3, -0.25) is 9.69 Å². The molecule has 1 amide bonds. The van der Waals surface area contributed by atoms with Crippen molar-refractivity contribution in [2.45, 2.75) is 58.9 Å². The van der Waals surface area contributed by atoms with Gasteiger partial charge in [0.25, 0.3) is 0 Å². The highest BCUT2D eigenvalue weighted by atomic mass is 16.2. The van der Waals surface area contributed by atoms with Gasteiger partial charge in [0.1, 0.15) is 0 Å². The zero-order valence-electron chi connectivity index (χ0n) is 13.6. The Kier molecular flexibility index (Phi) is 8.86. The zero-order valence-corrected chi connectivity index (χ0v) is 13.6.